The monoisotopic (exact) mass is 389 g/mol. The quantitative estimate of drug-likeness (QED) is 0.835. The van der Waals surface area contributed by atoms with Gasteiger partial charge >= 0.3 is 5.97 Å². The van der Waals surface area contributed by atoms with Crippen LogP contribution in [0.2, 0.25) is 10.0 Å². The summed E-state index contributed by atoms with van der Waals surface area (Å²) >= 11 is 12.1. The van der Waals surface area contributed by atoms with E-state index in [-0.39, 0.29) is 4.90 Å². The lowest BCUT2D eigenvalue weighted by Crippen LogP contribution is -2.28. The second-order valence-electron chi connectivity index (χ2n) is 5.43. The smallest absolute Gasteiger partial charge is 0.355 e. The number of halogens is 2. The van der Waals surface area contributed by atoms with Gasteiger partial charge in [0.1, 0.15) is 4.90 Å². The van der Waals surface area contributed by atoms with Gasteiger partial charge in [0.2, 0.25) is 10.0 Å². The van der Waals surface area contributed by atoms with Gasteiger partial charge in [0.05, 0.1) is 16.2 Å². The van der Waals surface area contributed by atoms with E-state index in [4.69, 9.17) is 23.2 Å². The fourth-order valence-corrected chi connectivity index (χ4v) is 4.71. The van der Waals surface area contributed by atoms with Gasteiger partial charge < -0.3 is 5.11 Å². The molecule has 10 heteroatoms. The number of aromatic nitrogens is 2. The number of aryl methyl sites for hydroxylation is 1. The first-order valence-corrected chi connectivity index (χ1v) is 9.20. The highest BCUT2D eigenvalue weighted by molar-refractivity contribution is 7.89. The molecule has 0 aliphatic heterocycles. The molecule has 0 radical (unpaired) electrons. The van der Waals surface area contributed by atoms with Crippen molar-refractivity contribution in [3.8, 4) is 0 Å². The van der Waals surface area contributed by atoms with E-state index in [0.29, 0.717) is 22.9 Å². The van der Waals surface area contributed by atoms with Crippen LogP contribution in [0.25, 0.3) is 0 Å². The molecule has 2 N–H and O–H groups in total. The molecule has 0 fully saturated rings. The Morgan fingerprint density at radius 2 is 2.12 bits per heavy atom. The van der Waals surface area contributed by atoms with Gasteiger partial charge in [0.25, 0.3) is 0 Å². The number of carboxylic acids is 1. The summed E-state index contributed by atoms with van der Waals surface area (Å²) in [5, 5.41) is 13.8. The minimum Gasteiger partial charge on any atom is -0.476 e. The molecular formula is C14H13Cl2N3O4S. The topological polar surface area (TPSA) is 101 Å². The molecule has 0 amide bonds. The Kier molecular flexibility index (Phi) is 4.33. The second-order valence-corrected chi connectivity index (χ2v) is 7.90. The predicted octanol–water partition coefficient (Wildman–Crippen LogP) is 2.39. The first kappa shape index (κ1) is 17.2. The Morgan fingerprint density at radius 3 is 2.79 bits per heavy atom. The molecule has 1 aromatic carbocycles. The number of nitrogens with one attached hydrogen (secondary N) is 1. The van der Waals surface area contributed by atoms with Crippen LogP contribution in [0.3, 0.4) is 0 Å². The average molecular weight is 390 g/mol. The van der Waals surface area contributed by atoms with Gasteiger partial charge in [-0.1, -0.05) is 29.3 Å². The highest BCUT2D eigenvalue weighted by Crippen LogP contribution is 2.39. The number of fused-ring (bicyclic) bond motifs is 1. The maximum absolute atomic E-state index is 12.6. The maximum Gasteiger partial charge on any atom is 0.355 e. The van der Waals surface area contributed by atoms with E-state index in [0.717, 1.165) is 22.0 Å². The van der Waals surface area contributed by atoms with Gasteiger partial charge in [-0.15, -0.1) is 0 Å². The molecule has 0 spiro atoms. The van der Waals surface area contributed by atoms with Crippen molar-refractivity contribution in [2.24, 2.45) is 7.05 Å². The number of hydrogen-bond acceptors (Lipinski definition) is 4. The van der Waals surface area contributed by atoms with E-state index in [1.165, 1.54) is 7.05 Å². The average Bonchev–Trinajstić information content (AvgIpc) is 3.07. The number of carboxylic acid groups (broad SMARTS) is 1. The summed E-state index contributed by atoms with van der Waals surface area (Å²) in [5.74, 6) is -1.36. The van der Waals surface area contributed by atoms with E-state index in [1.807, 2.05) is 0 Å². The van der Waals surface area contributed by atoms with Crippen LogP contribution in [-0.2, 0) is 23.5 Å². The number of sulfonamides is 1. The normalized spacial score (nSPS) is 17.0. The first-order valence-electron chi connectivity index (χ1n) is 6.96. The molecule has 7 nitrogen and oxygen atoms in total. The van der Waals surface area contributed by atoms with Gasteiger partial charge in [-0.25, -0.2) is 17.9 Å². The van der Waals surface area contributed by atoms with Crippen LogP contribution in [0, 0.1) is 0 Å². The molecule has 1 heterocycles. The zero-order valence-corrected chi connectivity index (χ0v) is 14.8. The molecule has 0 saturated carbocycles. The minimum absolute atomic E-state index is 0.369. The van der Waals surface area contributed by atoms with E-state index >= 15 is 0 Å². The molecule has 0 bridgehead atoms. The van der Waals surface area contributed by atoms with Crippen molar-refractivity contribution in [1.82, 2.24) is 14.5 Å². The Hall–Kier alpha value is -1.61. The molecule has 0 saturated heterocycles. The number of aromatic carboxylic acids is 1. The number of rotatable bonds is 4. The van der Waals surface area contributed by atoms with E-state index in [1.54, 1.807) is 12.1 Å². The Labute approximate surface area is 148 Å². The summed E-state index contributed by atoms with van der Waals surface area (Å²) in [6.07, 6.45) is 2.12. The Balaban J connectivity index is 1.96. The standard InChI is InChI=1S/C14H13Cl2N3O4S/c1-19-13(14(20)21)11(6-17-19)24(22,23)18-10-5-3-8-7(10)2-4-9(15)12(8)16/h2,4,6,10,18H,3,5H2,1H3,(H,20,21). The van der Waals surface area contributed by atoms with Gasteiger partial charge in [0, 0.05) is 13.1 Å². The van der Waals surface area contributed by atoms with Crippen LogP contribution in [-0.4, -0.2) is 29.3 Å². The summed E-state index contributed by atoms with van der Waals surface area (Å²) in [7, 11) is -2.68. The summed E-state index contributed by atoms with van der Waals surface area (Å²) in [6, 6.07) is 2.84. The van der Waals surface area contributed by atoms with Crippen LogP contribution in [0.5, 0.6) is 0 Å². The van der Waals surface area contributed by atoms with Crippen molar-refractivity contribution < 1.29 is 18.3 Å². The lowest BCUT2D eigenvalue weighted by Gasteiger charge is -2.14. The molecular weight excluding hydrogens is 377 g/mol. The third-order valence-corrected chi connectivity index (χ3v) is 6.30. The second kappa shape index (κ2) is 6.03. The number of hydrogen-bond donors (Lipinski definition) is 2. The fourth-order valence-electron chi connectivity index (χ4n) is 2.86. The van der Waals surface area contributed by atoms with Crippen molar-refractivity contribution in [3.05, 3.63) is 45.2 Å². The zero-order valence-electron chi connectivity index (χ0n) is 12.5. The number of carbonyl (C=O) groups is 1. The lowest BCUT2D eigenvalue weighted by atomic mass is 10.1. The number of nitrogens with zero attached hydrogens (tertiary/aromatic N) is 2. The van der Waals surface area contributed by atoms with E-state index in [9.17, 15) is 18.3 Å². The Morgan fingerprint density at radius 1 is 1.42 bits per heavy atom. The van der Waals surface area contributed by atoms with Crippen LogP contribution in [0.15, 0.2) is 23.2 Å². The van der Waals surface area contributed by atoms with Crippen LogP contribution in [0.1, 0.15) is 34.1 Å². The molecule has 1 aliphatic rings. The fraction of sp³-hybridized carbons (Fsp3) is 0.286. The van der Waals surface area contributed by atoms with E-state index in [2.05, 4.69) is 9.82 Å². The SMILES string of the molecule is Cn1ncc(S(=O)(=O)NC2CCc3c2ccc(Cl)c3Cl)c1C(=O)O. The highest BCUT2D eigenvalue weighted by Gasteiger charge is 2.33. The highest BCUT2D eigenvalue weighted by atomic mass is 35.5. The molecule has 128 valence electrons. The van der Waals surface area contributed by atoms with Crippen molar-refractivity contribution in [2.75, 3.05) is 0 Å². The van der Waals surface area contributed by atoms with Gasteiger partial charge in [-0.3, -0.25) is 4.68 Å². The summed E-state index contributed by atoms with van der Waals surface area (Å²) in [5.41, 5.74) is 1.16. The molecule has 1 atom stereocenters. The molecule has 1 unspecified atom stereocenters. The maximum atomic E-state index is 12.6. The number of benzene rings is 1. The lowest BCUT2D eigenvalue weighted by molar-refractivity contribution is 0.0680. The van der Waals surface area contributed by atoms with Gasteiger partial charge in [-0.05, 0) is 30.0 Å². The summed E-state index contributed by atoms with van der Waals surface area (Å²) in [6.45, 7) is 0. The molecule has 24 heavy (non-hydrogen) atoms. The van der Waals surface area contributed by atoms with Crippen LogP contribution in [0.4, 0.5) is 0 Å². The molecule has 2 aromatic rings. The van der Waals surface area contributed by atoms with Gasteiger partial charge in [-0.2, -0.15) is 5.10 Å². The molecule has 3 rings (SSSR count). The largest absolute Gasteiger partial charge is 0.476 e. The van der Waals surface area contributed by atoms with Crippen molar-refractivity contribution in [2.45, 2.75) is 23.8 Å². The molecule has 1 aliphatic carbocycles. The van der Waals surface area contributed by atoms with E-state index < -0.39 is 27.7 Å². The summed E-state index contributed by atoms with van der Waals surface area (Å²) < 4.78 is 28.8. The van der Waals surface area contributed by atoms with Crippen molar-refractivity contribution in [1.29, 1.82) is 0 Å². The zero-order chi connectivity index (χ0) is 17.6. The van der Waals surface area contributed by atoms with Gasteiger partial charge in [0.15, 0.2) is 5.69 Å². The van der Waals surface area contributed by atoms with Crippen molar-refractivity contribution in [3.63, 3.8) is 0 Å². The Bertz CT molecular complexity index is 940. The third-order valence-electron chi connectivity index (χ3n) is 3.99. The summed E-state index contributed by atoms with van der Waals surface area (Å²) in [4.78, 5) is 10.9. The first-order chi connectivity index (χ1) is 11.2. The predicted molar refractivity (Wildman–Crippen MR) is 88.0 cm³/mol. The van der Waals surface area contributed by atoms with Crippen LogP contribution < -0.4 is 4.72 Å². The van der Waals surface area contributed by atoms with Crippen LogP contribution >= 0.6 is 23.2 Å². The van der Waals surface area contributed by atoms with Crippen molar-refractivity contribution >= 4 is 39.2 Å². The minimum atomic E-state index is -4.05. The third kappa shape index (κ3) is 2.79. The molecule has 1 aromatic heterocycles.